The number of hydrogen-bond acceptors (Lipinski definition) is 10. The van der Waals surface area contributed by atoms with Crippen molar-refractivity contribution in [1.29, 1.82) is 0 Å². The molecule has 10 nitrogen and oxygen atoms in total. The molecular formula is C31H45F17O10P-. The van der Waals surface area contributed by atoms with Gasteiger partial charge in [-0.3, -0.25) is 4.57 Å². The van der Waals surface area contributed by atoms with Crippen molar-refractivity contribution >= 4 is 14.1 Å². The minimum absolute atomic E-state index is 0.0248. The van der Waals surface area contributed by atoms with E-state index in [0.717, 1.165) is 19.3 Å². The Morgan fingerprint density at radius 2 is 1.02 bits per heavy atom. The zero-order valence-corrected chi connectivity index (χ0v) is 31.8. The molecule has 0 bridgehead atoms. The van der Waals surface area contributed by atoms with E-state index in [9.17, 15) is 104 Å². The van der Waals surface area contributed by atoms with Gasteiger partial charge in [-0.05, 0) is 32.1 Å². The fraction of sp³-hybridized carbons (Fsp3) is 0.968. The Labute approximate surface area is 326 Å². The number of aldehydes is 1. The van der Waals surface area contributed by atoms with Gasteiger partial charge >= 0.3 is 47.6 Å². The number of carbonyl (C=O) groups excluding carboxylic acids is 1. The van der Waals surface area contributed by atoms with Crippen LogP contribution in [0, 0.1) is 0 Å². The summed E-state index contributed by atoms with van der Waals surface area (Å²) in [5.74, 6) is -56.9. The van der Waals surface area contributed by atoms with Crippen LogP contribution in [0.1, 0.15) is 90.4 Å². The predicted octanol–water partition coefficient (Wildman–Crippen LogP) is 7.62. The van der Waals surface area contributed by atoms with E-state index < -0.39 is 119 Å². The van der Waals surface area contributed by atoms with Gasteiger partial charge in [0, 0.05) is 13.0 Å². The molecule has 0 heterocycles. The summed E-state index contributed by atoms with van der Waals surface area (Å²) in [5.41, 5.74) is 0. The standard InChI is InChI=1S/C31H46F17O10P/c1-2-3-4-5-6-7-9-12-19(56-15-10-8-11-16-57-59(54,55)58-18-21(51)23(53)22(52)20(50)17-49)13-14-24(32,33)25(34,35)26(36,37)27(38,39)28(40,41)29(42,43)30(44,45)31(46,47)48/h17,19-23,50-53H,2-16,18H2,1H3,(H,54,55)/p-1. The maximum Gasteiger partial charge on any atom is 0.460 e. The number of carbonyl (C=O) groups is 1. The third-order valence-electron chi connectivity index (χ3n) is 8.73. The molecule has 0 saturated heterocycles. The second kappa shape index (κ2) is 22.7. The van der Waals surface area contributed by atoms with E-state index in [0.29, 0.717) is 19.3 Å². The quantitative estimate of drug-likeness (QED) is 0.0228. The zero-order valence-electron chi connectivity index (χ0n) is 30.9. The zero-order chi connectivity index (χ0) is 46.5. The lowest BCUT2D eigenvalue weighted by Crippen LogP contribution is -2.74. The molecule has 6 atom stereocenters. The first-order valence-electron chi connectivity index (χ1n) is 17.7. The molecule has 0 aliphatic heterocycles. The highest BCUT2D eigenvalue weighted by Gasteiger charge is 2.95. The van der Waals surface area contributed by atoms with E-state index in [-0.39, 0.29) is 38.4 Å². The lowest BCUT2D eigenvalue weighted by molar-refractivity contribution is -0.461. The molecule has 0 radical (unpaired) electrons. The van der Waals surface area contributed by atoms with Gasteiger partial charge in [0.05, 0.1) is 19.3 Å². The fourth-order valence-corrected chi connectivity index (χ4v) is 5.72. The predicted molar refractivity (Wildman–Crippen MR) is 166 cm³/mol. The number of phosphoric acid groups is 1. The lowest BCUT2D eigenvalue weighted by atomic mass is 9.87. The molecule has 0 aromatic carbocycles. The van der Waals surface area contributed by atoms with Gasteiger partial charge in [-0.1, -0.05) is 51.9 Å². The summed E-state index contributed by atoms with van der Waals surface area (Å²) in [6.45, 7) is -0.423. The topological polar surface area (TPSA) is 166 Å². The number of alkyl halides is 17. The van der Waals surface area contributed by atoms with Crippen molar-refractivity contribution < 1.29 is 123 Å². The molecule has 59 heavy (non-hydrogen) atoms. The van der Waals surface area contributed by atoms with Crippen molar-refractivity contribution in [3.63, 3.8) is 0 Å². The third-order valence-corrected chi connectivity index (χ3v) is 9.69. The van der Waals surface area contributed by atoms with Gasteiger partial charge in [0.2, 0.25) is 0 Å². The van der Waals surface area contributed by atoms with Gasteiger partial charge in [0.15, 0.2) is 6.29 Å². The van der Waals surface area contributed by atoms with E-state index in [4.69, 9.17) is 9.84 Å². The highest BCUT2D eigenvalue weighted by atomic mass is 31.2. The molecule has 0 rings (SSSR count). The highest BCUT2D eigenvalue weighted by Crippen LogP contribution is 2.64. The molecule has 354 valence electrons. The van der Waals surface area contributed by atoms with Gasteiger partial charge < -0.3 is 43.9 Å². The van der Waals surface area contributed by atoms with Crippen LogP contribution in [0.15, 0.2) is 0 Å². The minimum Gasteiger partial charge on any atom is -0.756 e. The number of unbranched alkanes of at least 4 members (excludes halogenated alkanes) is 8. The molecule has 0 aromatic rings. The van der Waals surface area contributed by atoms with Crippen LogP contribution in [0.4, 0.5) is 74.6 Å². The smallest absolute Gasteiger partial charge is 0.460 e. The van der Waals surface area contributed by atoms with Crippen LogP contribution < -0.4 is 4.89 Å². The second-order valence-corrected chi connectivity index (χ2v) is 14.8. The van der Waals surface area contributed by atoms with Gasteiger partial charge in [-0.2, -0.15) is 74.6 Å². The van der Waals surface area contributed by atoms with Crippen LogP contribution in [0.5, 0.6) is 0 Å². The SMILES string of the molecule is CCCCCCCCCC(CCC(F)(F)C(F)(F)C(F)(F)C(F)(F)C(F)(F)C(F)(F)C(F)(F)C(F)(F)F)OCCCCCOP(=O)([O-])OCC(O)C(O)C(O)C(O)C=O. The Balaban J connectivity index is 5.67. The van der Waals surface area contributed by atoms with Crippen molar-refractivity contribution in [2.24, 2.45) is 0 Å². The largest absolute Gasteiger partial charge is 0.756 e. The molecular weight excluding hydrogens is 886 g/mol. The fourth-order valence-electron chi connectivity index (χ4n) is 4.96. The number of halogens is 17. The molecule has 4 N–H and O–H groups in total. The Bertz CT molecular complexity index is 1290. The number of rotatable bonds is 32. The van der Waals surface area contributed by atoms with Crippen molar-refractivity contribution in [3.05, 3.63) is 0 Å². The molecule has 0 aliphatic carbocycles. The first-order valence-corrected chi connectivity index (χ1v) is 19.1. The normalized spacial score (nSPS) is 17.9. The van der Waals surface area contributed by atoms with Crippen LogP contribution in [0.3, 0.4) is 0 Å². The number of aliphatic hydroxyl groups is 4. The highest BCUT2D eigenvalue weighted by molar-refractivity contribution is 7.45. The first kappa shape index (κ1) is 57.4. The van der Waals surface area contributed by atoms with Gasteiger partial charge in [0.1, 0.15) is 24.4 Å². The average molecular weight is 932 g/mol. The molecule has 28 heteroatoms. The molecule has 0 fully saturated rings. The number of hydrogen-bond donors (Lipinski definition) is 4. The van der Waals surface area contributed by atoms with Crippen LogP contribution in [0.2, 0.25) is 0 Å². The molecule has 0 saturated carbocycles. The first-order chi connectivity index (χ1) is 26.6. The van der Waals surface area contributed by atoms with E-state index >= 15 is 0 Å². The molecule has 0 aromatic heterocycles. The van der Waals surface area contributed by atoms with Crippen LogP contribution >= 0.6 is 7.82 Å². The molecule has 0 amide bonds. The molecule has 6 unspecified atom stereocenters. The Kier molecular flexibility index (Phi) is 22.0. The Morgan fingerprint density at radius 3 is 1.51 bits per heavy atom. The van der Waals surface area contributed by atoms with Crippen molar-refractivity contribution in [3.8, 4) is 0 Å². The van der Waals surface area contributed by atoms with Crippen molar-refractivity contribution in [2.75, 3.05) is 19.8 Å². The maximum absolute atomic E-state index is 14.6. The summed E-state index contributed by atoms with van der Waals surface area (Å²) in [4.78, 5) is 22.3. The summed E-state index contributed by atoms with van der Waals surface area (Å²) in [6.07, 6.45) is -18.9. The summed E-state index contributed by atoms with van der Waals surface area (Å²) in [7, 11) is -5.19. The average Bonchev–Trinajstić information content (AvgIpc) is 3.12. The third kappa shape index (κ3) is 14.5. The van der Waals surface area contributed by atoms with Gasteiger partial charge in [0.25, 0.3) is 7.82 Å². The van der Waals surface area contributed by atoms with E-state index in [1.807, 2.05) is 6.92 Å². The lowest BCUT2D eigenvalue weighted by Gasteiger charge is -2.43. The summed E-state index contributed by atoms with van der Waals surface area (Å²) in [6, 6.07) is 0. The van der Waals surface area contributed by atoms with Crippen LogP contribution in [-0.2, 0) is 23.1 Å². The summed E-state index contributed by atoms with van der Waals surface area (Å²) in [5, 5.41) is 37.9. The molecule has 0 spiro atoms. The van der Waals surface area contributed by atoms with E-state index in [1.54, 1.807) is 0 Å². The Hall–Kier alpha value is -1.61. The van der Waals surface area contributed by atoms with E-state index in [1.165, 1.54) is 0 Å². The van der Waals surface area contributed by atoms with Crippen LogP contribution in [0.25, 0.3) is 0 Å². The van der Waals surface area contributed by atoms with Gasteiger partial charge in [-0.15, -0.1) is 0 Å². The van der Waals surface area contributed by atoms with Crippen molar-refractivity contribution in [2.45, 2.75) is 169 Å². The number of phosphoric ester groups is 1. The van der Waals surface area contributed by atoms with E-state index in [2.05, 4.69) is 9.05 Å². The minimum atomic E-state index is -8.71. The maximum atomic E-state index is 14.6. The summed E-state index contributed by atoms with van der Waals surface area (Å²) < 4.78 is 258. The molecule has 0 aliphatic rings. The number of aliphatic hydroxyl groups excluding tert-OH is 4. The van der Waals surface area contributed by atoms with Crippen LogP contribution in [-0.4, -0.2) is 125 Å². The Morgan fingerprint density at radius 1 is 0.576 bits per heavy atom. The summed E-state index contributed by atoms with van der Waals surface area (Å²) >= 11 is 0. The number of ether oxygens (including phenoxy) is 1. The monoisotopic (exact) mass is 931 g/mol. The van der Waals surface area contributed by atoms with Gasteiger partial charge in [-0.25, -0.2) is 0 Å². The second-order valence-electron chi connectivity index (χ2n) is 13.4. The van der Waals surface area contributed by atoms with Crippen molar-refractivity contribution in [1.82, 2.24) is 0 Å².